The van der Waals surface area contributed by atoms with Crippen molar-refractivity contribution >= 4 is 56.3 Å². The fourth-order valence-electron chi connectivity index (χ4n) is 3.08. The van der Waals surface area contributed by atoms with E-state index in [-0.39, 0.29) is 0 Å². The summed E-state index contributed by atoms with van der Waals surface area (Å²) >= 11 is 14.0. The number of thiophene rings is 1. The lowest BCUT2D eigenvalue weighted by Gasteiger charge is -2.11. The number of aromatic amines is 1. The first-order valence-electron chi connectivity index (χ1n) is 9.83. The Morgan fingerprint density at radius 3 is 2.82 bits per heavy atom. The molecule has 0 aliphatic rings. The van der Waals surface area contributed by atoms with E-state index in [9.17, 15) is 0 Å². The van der Waals surface area contributed by atoms with Gasteiger partial charge in [0.2, 0.25) is 0 Å². The zero-order chi connectivity index (χ0) is 22.6. The first kappa shape index (κ1) is 21.3. The van der Waals surface area contributed by atoms with Crippen molar-refractivity contribution in [2.75, 3.05) is 5.32 Å². The number of anilines is 2. The summed E-state index contributed by atoms with van der Waals surface area (Å²) in [6.45, 7) is 0.372. The maximum absolute atomic E-state index is 6.46. The first-order valence-corrected chi connectivity index (χ1v) is 11.4. The highest BCUT2D eigenvalue weighted by molar-refractivity contribution is 7.20. The van der Waals surface area contributed by atoms with Crippen LogP contribution in [0.1, 0.15) is 16.0 Å². The van der Waals surface area contributed by atoms with Gasteiger partial charge in [-0.05, 0) is 42.0 Å². The van der Waals surface area contributed by atoms with Gasteiger partial charge in [0, 0.05) is 16.9 Å². The molecular formula is C24H15Cl2N5OS. The Hall–Kier alpha value is -3.57. The van der Waals surface area contributed by atoms with Crippen LogP contribution in [-0.2, 0) is 6.61 Å². The average molecular weight is 492 g/mol. The Morgan fingerprint density at radius 1 is 1.06 bits per heavy atom. The number of rotatable bonds is 5. The number of nitrogens with one attached hydrogen (secondary N) is 2. The summed E-state index contributed by atoms with van der Waals surface area (Å²) in [6.07, 6.45) is 4.95. The lowest BCUT2D eigenvalue weighted by molar-refractivity contribution is 0.306. The van der Waals surface area contributed by atoms with E-state index in [0.29, 0.717) is 28.2 Å². The monoisotopic (exact) mass is 491 g/mol. The summed E-state index contributed by atoms with van der Waals surface area (Å²) < 4.78 is 6.76. The van der Waals surface area contributed by atoms with Gasteiger partial charge >= 0.3 is 0 Å². The number of H-pyrrole nitrogens is 1. The van der Waals surface area contributed by atoms with Crippen molar-refractivity contribution in [3.05, 3.63) is 93.3 Å². The molecule has 162 valence electrons. The highest BCUT2D eigenvalue weighted by Crippen LogP contribution is 2.33. The number of halogens is 2. The molecule has 5 aromatic rings. The van der Waals surface area contributed by atoms with Gasteiger partial charge in [-0.15, -0.1) is 11.3 Å². The third kappa shape index (κ3) is 5.10. The van der Waals surface area contributed by atoms with Crippen molar-refractivity contribution in [1.29, 1.82) is 0 Å². The van der Waals surface area contributed by atoms with E-state index >= 15 is 0 Å². The minimum Gasteiger partial charge on any atom is -0.487 e. The van der Waals surface area contributed by atoms with Gasteiger partial charge in [-0.3, -0.25) is 5.10 Å². The molecule has 3 heterocycles. The second kappa shape index (κ2) is 9.51. The zero-order valence-electron chi connectivity index (χ0n) is 17.0. The van der Waals surface area contributed by atoms with Gasteiger partial charge in [-0.2, -0.15) is 5.10 Å². The van der Waals surface area contributed by atoms with Crippen molar-refractivity contribution in [1.82, 2.24) is 20.2 Å². The second-order valence-electron chi connectivity index (χ2n) is 6.97. The molecule has 6 nitrogen and oxygen atoms in total. The number of ether oxygens (including phenoxy) is 1. The average Bonchev–Trinajstić information content (AvgIpc) is 3.47. The molecule has 3 aromatic heterocycles. The Labute approximate surface area is 203 Å². The van der Waals surface area contributed by atoms with Crippen LogP contribution in [0.25, 0.3) is 10.2 Å². The molecule has 0 saturated carbocycles. The highest BCUT2D eigenvalue weighted by atomic mass is 35.5. The fraction of sp³-hybridized carbons (Fsp3) is 0.0417. The molecule has 0 amide bonds. The van der Waals surface area contributed by atoms with Crippen LogP contribution in [0.3, 0.4) is 0 Å². The smallest absolute Gasteiger partial charge is 0.151 e. The van der Waals surface area contributed by atoms with Crippen molar-refractivity contribution < 1.29 is 4.74 Å². The van der Waals surface area contributed by atoms with Crippen LogP contribution in [0.2, 0.25) is 10.0 Å². The summed E-state index contributed by atoms with van der Waals surface area (Å²) in [5.41, 5.74) is 3.40. The molecule has 33 heavy (non-hydrogen) atoms. The predicted octanol–water partition coefficient (Wildman–Crippen LogP) is 6.44. The topological polar surface area (TPSA) is 75.7 Å². The van der Waals surface area contributed by atoms with Gasteiger partial charge in [-0.25, -0.2) is 9.97 Å². The molecule has 0 aliphatic heterocycles. The zero-order valence-corrected chi connectivity index (χ0v) is 19.3. The minimum atomic E-state index is 0.372. The molecule has 0 bridgehead atoms. The molecule has 5 rings (SSSR count). The SMILES string of the molecule is Clc1cccc(COc2ccc(Nc3ncnc4cc(C#Cc5cn[nH]c5)sc34)cc2Cl)c1. The number of aromatic nitrogens is 4. The van der Waals surface area contributed by atoms with E-state index in [1.165, 1.54) is 17.7 Å². The normalized spacial score (nSPS) is 10.6. The molecule has 0 unspecified atom stereocenters. The molecule has 0 atom stereocenters. The Balaban J connectivity index is 1.33. The van der Waals surface area contributed by atoms with Gasteiger partial charge in [0.15, 0.2) is 5.82 Å². The van der Waals surface area contributed by atoms with Gasteiger partial charge in [0.1, 0.15) is 18.7 Å². The second-order valence-corrected chi connectivity index (χ2v) is 8.87. The van der Waals surface area contributed by atoms with E-state index in [0.717, 1.165) is 31.9 Å². The van der Waals surface area contributed by atoms with E-state index in [2.05, 4.69) is 37.3 Å². The quantitative estimate of drug-likeness (QED) is 0.276. The molecule has 9 heteroatoms. The number of hydrogen-bond donors (Lipinski definition) is 2. The maximum Gasteiger partial charge on any atom is 0.151 e. The Bertz CT molecular complexity index is 1490. The van der Waals surface area contributed by atoms with E-state index < -0.39 is 0 Å². The first-order chi connectivity index (χ1) is 16.1. The molecule has 2 aromatic carbocycles. The molecule has 0 radical (unpaired) electrons. The molecule has 2 N–H and O–H groups in total. The molecular weight excluding hydrogens is 477 g/mol. The van der Waals surface area contributed by atoms with Crippen molar-refractivity contribution in [2.24, 2.45) is 0 Å². The van der Waals surface area contributed by atoms with Crippen molar-refractivity contribution in [3.8, 4) is 17.6 Å². The summed E-state index contributed by atoms with van der Waals surface area (Å²) in [5.74, 6) is 7.48. The van der Waals surface area contributed by atoms with Gasteiger partial charge in [-0.1, -0.05) is 47.2 Å². The fourth-order valence-corrected chi connectivity index (χ4v) is 4.44. The number of fused-ring (bicyclic) bond motifs is 1. The molecule has 0 saturated heterocycles. The maximum atomic E-state index is 6.46. The van der Waals surface area contributed by atoms with Crippen LogP contribution in [0.5, 0.6) is 5.75 Å². The van der Waals surface area contributed by atoms with Gasteiger partial charge < -0.3 is 10.1 Å². The number of benzene rings is 2. The summed E-state index contributed by atoms with van der Waals surface area (Å²) in [7, 11) is 0. The summed E-state index contributed by atoms with van der Waals surface area (Å²) in [6, 6.07) is 15.0. The van der Waals surface area contributed by atoms with Crippen LogP contribution in [-0.4, -0.2) is 20.2 Å². The predicted molar refractivity (Wildman–Crippen MR) is 133 cm³/mol. The number of nitrogens with zero attached hydrogens (tertiary/aromatic N) is 3. The molecule has 0 spiro atoms. The minimum absolute atomic E-state index is 0.372. The largest absolute Gasteiger partial charge is 0.487 e. The van der Waals surface area contributed by atoms with Gasteiger partial charge in [0.05, 0.1) is 31.9 Å². The van der Waals surface area contributed by atoms with Crippen LogP contribution >= 0.6 is 34.5 Å². The lowest BCUT2D eigenvalue weighted by Crippen LogP contribution is -1.97. The van der Waals surface area contributed by atoms with E-state index in [1.54, 1.807) is 18.5 Å². The van der Waals surface area contributed by atoms with Crippen LogP contribution in [0.4, 0.5) is 11.5 Å². The highest BCUT2D eigenvalue weighted by Gasteiger charge is 2.10. The Morgan fingerprint density at radius 2 is 2.00 bits per heavy atom. The van der Waals surface area contributed by atoms with Crippen LogP contribution in [0.15, 0.2) is 67.3 Å². The van der Waals surface area contributed by atoms with Crippen LogP contribution in [0, 0.1) is 11.8 Å². The van der Waals surface area contributed by atoms with E-state index in [4.69, 9.17) is 27.9 Å². The van der Waals surface area contributed by atoms with Crippen molar-refractivity contribution in [2.45, 2.75) is 6.61 Å². The molecule has 0 fully saturated rings. The van der Waals surface area contributed by atoms with Crippen molar-refractivity contribution in [3.63, 3.8) is 0 Å². The standard InChI is InChI=1S/C24H15Cl2N5OS/c25-17-3-1-2-15(8-17)13-32-22-7-5-18(9-20(22)26)31-24-23-21(27-14-28-24)10-19(33-23)6-4-16-11-29-30-12-16/h1-3,5,7-12,14H,13H2,(H,29,30)(H,27,28,31). The Kier molecular flexibility index (Phi) is 6.13. The third-order valence-corrected chi connectivity index (χ3v) is 6.19. The molecule has 0 aliphatic carbocycles. The summed E-state index contributed by atoms with van der Waals surface area (Å²) in [5, 5.41) is 11.1. The van der Waals surface area contributed by atoms with Crippen LogP contribution < -0.4 is 10.1 Å². The van der Waals surface area contributed by atoms with E-state index in [1.807, 2.05) is 42.5 Å². The summed E-state index contributed by atoms with van der Waals surface area (Å²) in [4.78, 5) is 9.64. The lowest BCUT2D eigenvalue weighted by atomic mass is 10.2. The number of hydrogen-bond acceptors (Lipinski definition) is 6. The van der Waals surface area contributed by atoms with Gasteiger partial charge in [0.25, 0.3) is 0 Å². The third-order valence-electron chi connectivity index (χ3n) is 4.62.